The summed E-state index contributed by atoms with van der Waals surface area (Å²) in [5.74, 6) is 0. The van der Waals surface area contributed by atoms with E-state index < -0.39 is 4.97 Å². The van der Waals surface area contributed by atoms with E-state index in [4.69, 9.17) is 5.21 Å². The van der Waals surface area contributed by atoms with Crippen molar-refractivity contribution in [2.24, 2.45) is 10.6 Å². The summed E-state index contributed by atoms with van der Waals surface area (Å²) >= 11 is 0. The van der Waals surface area contributed by atoms with Crippen LogP contribution in [0.25, 0.3) is 0 Å². The lowest BCUT2D eigenvalue weighted by atomic mass is 11.5. The number of hydrogen-bond donors (Lipinski definition) is 2. The minimum Gasteiger partial charge on any atom is -0.132 e. The SMILES string of the molecule is CN[N+](O)(N=O)N=O. The average Bonchev–Trinajstić information content (AvgIpc) is 1.87. The average molecular weight is 121 g/mol. The Bertz CT molecular complexity index is 93.5. The lowest BCUT2D eigenvalue weighted by Crippen LogP contribution is -2.43. The molecule has 0 atom stereocenters. The summed E-state index contributed by atoms with van der Waals surface area (Å²) in [6.45, 7) is 0. The molecule has 7 heteroatoms. The fourth-order valence-corrected chi connectivity index (χ4v) is 0.0966. The highest BCUT2D eigenvalue weighted by Gasteiger charge is 2.27. The van der Waals surface area contributed by atoms with E-state index in [9.17, 15) is 9.81 Å². The molecule has 0 spiro atoms. The Morgan fingerprint density at radius 1 is 1.50 bits per heavy atom. The summed E-state index contributed by atoms with van der Waals surface area (Å²) in [5, 5.41) is 12.1. The van der Waals surface area contributed by atoms with Crippen LogP contribution < -0.4 is 5.43 Å². The highest BCUT2D eigenvalue weighted by Crippen LogP contribution is 1.93. The topological polar surface area (TPSA) is 91.1 Å². The fraction of sp³-hybridized carbons (Fsp3) is 1.00. The minimum atomic E-state index is -1.90. The minimum absolute atomic E-state index is 1.16. The van der Waals surface area contributed by atoms with Crippen LogP contribution in [0.3, 0.4) is 0 Å². The predicted octanol–water partition coefficient (Wildman–Crippen LogP) is -0.310. The van der Waals surface area contributed by atoms with Gasteiger partial charge in [0.2, 0.25) is 15.5 Å². The highest BCUT2D eigenvalue weighted by molar-refractivity contribution is 4.02. The number of quaternary nitrogens is 1. The summed E-state index contributed by atoms with van der Waals surface area (Å²) in [6.07, 6.45) is 0. The maximum atomic E-state index is 9.40. The molecule has 0 heterocycles. The van der Waals surface area contributed by atoms with Crippen LogP contribution in [0.1, 0.15) is 0 Å². The van der Waals surface area contributed by atoms with Crippen LogP contribution in [0.5, 0.6) is 0 Å². The van der Waals surface area contributed by atoms with Crippen LogP contribution in [-0.4, -0.2) is 17.2 Å². The van der Waals surface area contributed by atoms with Gasteiger partial charge in [-0.15, -0.1) is 5.21 Å². The third-order valence-corrected chi connectivity index (χ3v) is 0.528. The second-order valence-corrected chi connectivity index (χ2v) is 0.955. The number of rotatable bonds is 3. The Morgan fingerprint density at radius 3 is 1.88 bits per heavy atom. The number of nitrogens with one attached hydrogen (secondary N) is 1. The van der Waals surface area contributed by atoms with Crippen molar-refractivity contribution in [1.82, 2.24) is 5.43 Å². The first-order valence-electron chi connectivity index (χ1n) is 1.69. The van der Waals surface area contributed by atoms with Crippen LogP contribution in [0.15, 0.2) is 10.6 Å². The Morgan fingerprint density at radius 2 is 1.88 bits per heavy atom. The van der Waals surface area contributed by atoms with Crippen molar-refractivity contribution < 1.29 is 10.2 Å². The zero-order valence-corrected chi connectivity index (χ0v) is 4.11. The first kappa shape index (κ1) is 7.08. The normalized spacial score (nSPS) is 10.8. The van der Waals surface area contributed by atoms with Gasteiger partial charge in [0, 0.05) is 7.05 Å². The largest absolute Gasteiger partial charge is 0.246 e. The molecular formula is CH5N4O3+. The summed E-state index contributed by atoms with van der Waals surface area (Å²) < 4.78 is 0. The summed E-state index contributed by atoms with van der Waals surface area (Å²) in [6, 6.07) is 0. The molecule has 0 bridgehead atoms. The van der Waals surface area contributed by atoms with Crippen LogP contribution in [0, 0.1) is 9.81 Å². The molecule has 7 nitrogen and oxygen atoms in total. The van der Waals surface area contributed by atoms with Crippen LogP contribution in [-0.2, 0) is 0 Å². The molecule has 0 aliphatic rings. The van der Waals surface area contributed by atoms with Gasteiger partial charge in [-0.3, -0.25) is 0 Å². The van der Waals surface area contributed by atoms with Crippen molar-refractivity contribution in [3.8, 4) is 0 Å². The molecule has 0 aromatic rings. The first-order chi connectivity index (χ1) is 3.68. The molecule has 8 heavy (non-hydrogen) atoms. The quantitative estimate of drug-likeness (QED) is 0.304. The molecule has 0 saturated carbocycles. The molecule has 46 valence electrons. The molecule has 0 aromatic carbocycles. The van der Waals surface area contributed by atoms with E-state index in [2.05, 4.69) is 0 Å². The predicted molar refractivity (Wildman–Crippen MR) is 22.7 cm³/mol. The van der Waals surface area contributed by atoms with Crippen LogP contribution in [0.4, 0.5) is 0 Å². The maximum Gasteiger partial charge on any atom is 0.246 e. The lowest BCUT2D eigenvalue weighted by Gasteiger charge is -2.01. The van der Waals surface area contributed by atoms with Gasteiger partial charge in [-0.2, -0.15) is 0 Å². The zero-order valence-electron chi connectivity index (χ0n) is 4.11. The van der Waals surface area contributed by atoms with E-state index in [0.717, 1.165) is 7.05 Å². The Labute approximate surface area is 44.3 Å². The van der Waals surface area contributed by atoms with Gasteiger partial charge in [-0.25, -0.2) is 0 Å². The standard InChI is InChI=1S/CH5N4O3/c1-2-5(8,3-6)4-7/h2,8H,1H3/q+1. The number of hydrogen-bond acceptors (Lipinski definition) is 6. The van der Waals surface area contributed by atoms with E-state index in [1.54, 1.807) is 0 Å². The van der Waals surface area contributed by atoms with Crippen molar-refractivity contribution in [2.75, 3.05) is 7.05 Å². The molecule has 0 amide bonds. The van der Waals surface area contributed by atoms with Gasteiger partial charge in [-0.1, -0.05) is 15.2 Å². The summed E-state index contributed by atoms with van der Waals surface area (Å²) in [4.78, 5) is 16.9. The van der Waals surface area contributed by atoms with Gasteiger partial charge in [0.15, 0.2) is 0 Å². The van der Waals surface area contributed by atoms with Crippen molar-refractivity contribution in [2.45, 2.75) is 0 Å². The Hall–Kier alpha value is -0.920. The second kappa shape index (κ2) is 2.40. The van der Waals surface area contributed by atoms with Gasteiger partial charge < -0.3 is 0 Å². The van der Waals surface area contributed by atoms with Gasteiger partial charge in [-0.05, 0) is 0 Å². The van der Waals surface area contributed by atoms with Gasteiger partial charge >= 0.3 is 0 Å². The van der Waals surface area contributed by atoms with E-state index in [1.165, 1.54) is 0 Å². The van der Waals surface area contributed by atoms with E-state index in [0.29, 0.717) is 0 Å². The molecule has 0 aliphatic heterocycles. The fourth-order valence-electron chi connectivity index (χ4n) is 0.0966. The van der Waals surface area contributed by atoms with Crippen LogP contribution in [0.2, 0.25) is 0 Å². The molecule has 0 aromatic heterocycles. The number of nitroso groups, excluding NO2 is 2. The molecule has 0 unspecified atom stereocenters. The van der Waals surface area contributed by atoms with Crippen molar-refractivity contribution in [3.05, 3.63) is 9.81 Å². The van der Waals surface area contributed by atoms with Crippen molar-refractivity contribution in [3.63, 3.8) is 0 Å². The molecule has 0 rings (SSSR count). The summed E-state index contributed by atoms with van der Waals surface area (Å²) in [7, 11) is 1.16. The van der Waals surface area contributed by atoms with E-state index >= 15 is 0 Å². The Balaban J connectivity index is 3.96. The van der Waals surface area contributed by atoms with Gasteiger partial charge in [0.25, 0.3) is 0 Å². The smallest absolute Gasteiger partial charge is 0.132 e. The zero-order chi connectivity index (χ0) is 6.62. The third-order valence-electron chi connectivity index (χ3n) is 0.528. The number of nitrogens with zero attached hydrogens (tertiary/aromatic N) is 3. The van der Waals surface area contributed by atoms with Crippen LogP contribution >= 0.6 is 0 Å². The van der Waals surface area contributed by atoms with Crippen molar-refractivity contribution in [1.29, 1.82) is 0 Å². The van der Waals surface area contributed by atoms with E-state index in [-0.39, 0.29) is 0 Å². The molecule has 0 radical (unpaired) electrons. The maximum absolute atomic E-state index is 9.40. The first-order valence-corrected chi connectivity index (χ1v) is 1.69. The van der Waals surface area contributed by atoms with Gasteiger partial charge in [0.1, 0.15) is 0 Å². The second-order valence-electron chi connectivity index (χ2n) is 0.955. The molecule has 0 aliphatic carbocycles. The third kappa shape index (κ3) is 1.30. The lowest BCUT2D eigenvalue weighted by molar-refractivity contribution is -1.15. The summed E-state index contributed by atoms with van der Waals surface area (Å²) in [5.41, 5.74) is 1.81. The van der Waals surface area contributed by atoms with Gasteiger partial charge in [0.05, 0.1) is 0 Å². The van der Waals surface area contributed by atoms with E-state index in [1.807, 2.05) is 16.0 Å². The highest BCUT2D eigenvalue weighted by atomic mass is 16.7. The molecular weight excluding hydrogens is 116 g/mol. The molecule has 0 fully saturated rings. The molecule has 2 N–H and O–H groups in total. The molecule has 0 saturated heterocycles. The monoisotopic (exact) mass is 121 g/mol. The Kier molecular flexibility index (Phi) is 2.13. The van der Waals surface area contributed by atoms with Crippen molar-refractivity contribution >= 4 is 0 Å².